The smallest absolute Gasteiger partial charge is 0.433 e. The van der Waals surface area contributed by atoms with Crippen molar-refractivity contribution in [3.63, 3.8) is 0 Å². The quantitative estimate of drug-likeness (QED) is 0.480. The molecule has 0 aliphatic heterocycles. The van der Waals surface area contributed by atoms with Crippen molar-refractivity contribution >= 4 is 22.5 Å². The lowest BCUT2D eigenvalue weighted by molar-refractivity contribution is -0.141. The van der Waals surface area contributed by atoms with E-state index in [4.69, 9.17) is 0 Å². The first-order chi connectivity index (χ1) is 16.1. The molecule has 0 unspecified atom stereocenters. The number of carbonyl (C=O) groups is 1. The number of hydrogen-bond donors (Lipinski definition) is 2. The van der Waals surface area contributed by atoms with E-state index in [-0.39, 0.29) is 30.0 Å². The second-order valence-electron chi connectivity index (χ2n) is 8.11. The standard InChI is InChI=1S/C22H21F5N4O3/c23-21(24)34-18-9-16-13(10-31(30-16)14-6-4-12(11-32)5-7-14)8-17(18)29-20(33)15-2-1-3-19(28-15)22(25,26)27/h1-3,8-10,12,14,21,32H,4-7,11H2,(H,29,33). The molecule has 12 heteroatoms. The molecule has 182 valence electrons. The van der Waals surface area contributed by atoms with Gasteiger partial charge in [0.15, 0.2) is 5.75 Å². The molecule has 1 aromatic carbocycles. The maximum Gasteiger partial charge on any atom is 0.433 e. The van der Waals surface area contributed by atoms with Crippen LogP contribution in [0.1, 0.15) is 47.9 Å². The average molecular weight is 484 g/mol. The van der Waals surface area contributed by atoms with Gasteiger partial charge in [0.1, 0.15) is 11.4 Å². The molecule has 1 amide bonds. The Balaban J connectivity index is 1.62. The molecule has 4 rings (SSSR count). The van der Waals surface area contributed by atoms with Crippen LogP contribution in [0.4, 0.5) is 27.6 Å². The zero-order chi connectivity index (χ0) is 24.5. The van der Waals surface area contributed by atoms with E-state index in [1.54, 1.807) is 10.9 Å². The predicted octanol–water partition coefficient (Wildman–Crippen LogP) is 5.03. The fourth-order valence-corrected chi connectivity index (χ4v) is 4.05. The summed E-state index contributed by atoms with van der Waals surface area (Å²) in [5.41, 5.74) is -1.58. The monoisotopic (exact) mass is 484 g/mol. The van der Waals surface area contributed by atoms with Gasteiger partial charge in [0, 0.05) is 24.3 Å². The minimum absolute atomic E-state index is 0.0713. The lowest BCUT2D eigenvalue weighted by atomic mass is 9.87. The Kier molecular flexibility index (Phi) is 6.69. The normalized spacial score (nSPS) is 18.9. The number of carbonyl (C=O) groups excluding carboxylic acids is 1. The zero-order valence-corrected chi connectivity index (χ0v) is 17.7. The van der Waals surface area contributed by atoms with Crippen LogP contribution in [0.15, 0.2) is 36.5 Å². The van der Waals surface area contributed by atoms with Gasteiger partial charge in [-0.15, -0.1) is 0 Å². The van der Waals surface area contributed by atoms with E-state index in [1.807, 2.05) is 0 Å². The van der Waals surface area contributed by atoms with Crippen LogP contribution in [-0.4, -0.2) is 39.0 Å². The topological polar surface area (TPSA) is 89.3 Å². The van der Waals surface area contributed by atoms with E-state index in [0.29, 0.717) is 10.9 Å². The highest BCUT2D eigenvalue weighted by molar-refractivity contribution is 6.05. The molecule has 1 aliphatic carbocycles. The van der Waals surface area contributed by atoms with Crippen molar-refractivity contribution in [2.45, 2.75) is 44.5 Å². The number of aliphatic hydroxyl groups excluding tert-OH is 1. The number of aliphatic hydroxyl groups is 1. The first-order valence-corrected chi connectivity index (χ1v) is 10.6. The number of benzene rings is 1. The van der Waals surface area contributed by atoms with Gasteiger partial charge in [-0.3, -0.25) is 9.48 Å². The van der Waals surface area contributed by atoms with Crippen molar-refractivity contribution in [2.75, 3.05) is 11.9 Å². The molecule has 1 saturated carbocycles. The van der Waals surface area contributed by atoms with E-state index in [0.717, 1.165) is 43.9 Å². The average Bonchev–Trinajstić information content (AvgIpc) is 3.21. The highest BCUT2D eigenvalue weighted by Gasteiger charge is 2.33. The SMILES string of the molecule is O=C(Nc1cc2cn(C3CCC(CO)CC3)nc2cc1OC(F)F)c1cccc(C(F)(F)F)n1. The zero-order valence-electron chi connectivity index (χ0n) is 17.7. The summed E-state index contributed by atoms with van der Waals surface area (Å²) in [4.78, 5) is 15.9. The van der Waals surface area contributed by atoms with Crippen LogP contribution in [0.5, 0.6) is 5.75 Å². The van der Waals surface area contributed by atoms with Crippen molar-refractivity contribution in [2.24, 2.45) is 5.92 Å². The number of anilines is 1. The molecule has 0 radical (unpaired) electrons. The molecule has 34 heavy (non-hydrogen) atoms. The summed E-state index contributed by atoms with van der Waals surface area (Å²) < 4.78 is 71.0. The molecule has 0 atom stereocenters. The van der Waals surface area contributed by atoms with Crippen LogP contribution in [0.25, 0.3) is 10.9 Å². The Labute approximate surface area is 190 Å². The Hall–Kier alpha value is -3.28. The summed E-state index contributed by atoms with van der Waals surface area (Å²) in [5.74, 6) is -1.14. The van der Waals surface area contributed by atoms with Crippen molar-refractivity contribution in [1.82, 2.24) is 14.8 Å². The number of alkyl halides is 5. The highest BCUT2D eigenvalue weighted by Crippen LogP contribution is 2.35. The van der Waals surface area contributed by atoms with E-state index in [2.05, 4.69) is 20.1 Å². The van der Waals surface area contributed by atoms with Gasteiger partial charge >= 0.3 is 12.8 Å². The number of amides is 1. The lowest BCUT2D eigenvalue weighted by Gasteiger charge is -2.27. The van der Waals surface area contributed by atoms with Crippen LogP contribution in [-0.2, 0) is 6.18 Å². The number of halogens is 5. The Bertz CT molecular complexity index is 1170. The molecule has 2 N–H and O–H groups in total. The third-order valence-corrected chi connectivity index (χ3v) is 5.81. The number of pyridine rings is 1. The summed E-state index contributed by atoms with van der Waals surface area (Å²) in [6, 6.07) is 5.52. The fourth-order valence-electron chi connectivity index (χ4n) is 4.05. The van der Waals surface area contributed by atoms with E-state index >= 15 is 0 Å². The number of fused-ring (bicyclic) bond motifs is 1. The summed E-state index contributed by atoms with van der Waals surface area (Å²) in [7, 11) is 0. The molecule has 0 spiro atoms. The number of rotatable bonds is 6. The van der Waals surface area contributed by atoms with Crippen LogP contribution in [0.2, 0.25) is 0 Å². The van der Waals surface area contributed by atoms with Crippen molar-refractivity contribution in [3.05, 3.63) is 47.9 Å². The van der Waals surface area contributed by atoms with Gasteiger partial charge in [0.2, 0.25) is 0 Å². The van der Waals surface area contributed by atoms with Crippen molar-refractivity contribution in [1.29, 1.82) is 0 Å². The number of nitrogens with one attached hydrogen (secondary N) is 1. The van der Waals surface area contributed by atoms with E-state index in [1.165, 1.54) is 12.1 Å². The lowest BCUT2D eigenvalue weighted by Crippen LogP contribution is -2.20. The fraction of sp³-hybridized carbons (Fsp3) is 0.409. The van der Waals surface area contributed by atoms with Crippen LogP contribution in [0, 0.1) is 5.92 Å². The third kappa shape index (κ3) is 5.27. The molecular formula is C22H21F5N4O3. The molecule has 2 aromatic heterocycles. The second-order valence-corrected chi connectivity index (χ2v) is 8.11. The van der Waals surface area contributed by atoms with Gasteiger partial charge in [-0.05, 0) is 49.8 Å². The van der Waals surface area contributed by atoms with Gasteiger partial charge in [-0.25, -0.2) is 4.98 Å². The summed E-state index contributed by atoms with van der Waals surface area (Å²) in [6.07, 6.45) is 0.229. The molecular weight excluding hydrogens is 463 g/mol. The predicted molar refractivity (Wildman–Crippen MR) is 112 cm³/mol. The van der Waals surface area contributed by atoms with Gasteiger partial charge < -0.3 is 15.2 Å². The minimum Gasteiger partial charge on any atom is -0.433 e. The first-order valence-electron chi connectivity index (χ1n) is 10.6. The third-order valence-electron chi connectivity index (χ3n) is 5.81. The molecule has 2 heterocycles. The van der Waals surface area contributed by atoms with Crippen LogP contribution < -0.4 is 10.1 Å². The molecule has 1 fully saturated rings. The molecule has 3 aromatic rings. The first kappa shape index (κ1) is 23.9. The summed E-state index contributed by atoms with van der Waals surface area (Å²) >= 11 is 0. The maximum absolute atomic E-state index is 13.0. The molecule has 0 saturated heterocycles. The number of nitrogens with zero attached hydrogens (tertiary/aromatic N) is 3. The molecule has 7 nitrogen and oxygen atoms in total. The number of aromatic nitrogens is 3. The molecule has 0 bridgehead atoms. The van der Waals surface area contributed by atoms with E-state index in [9.17, 15) is 31.9 Å². The van der Waals surface area contributed by atoms with Gasteiger partial charge in [0.05, 0.1) is 17.2 Å². The number of ether oxygens (including phenoxy) is 1. The molecule has 1 aliphatic rings. The van der Waals surface area contributed by atoms with Gasteiger partial charge in [-0.1, -0.05) is 6.07 Å². The van der Waals surface area contributed by atoms with Crippen LogP contribution >= 0.6 is 0 Å². The van der Waals surface area contributed by atoms with Crippen molar-refractivity contribution in [3.8, 4) is 5.75 Å². The van der Waals surface area contributed by atoms with E-state index < -0.39 is 30.1 Å². The number of hydrogen-bond acceptors (Lipinski definition) is 5. The minimum atomic E-state index is -4.75. The van der Waals surface area contributed by atoms with Gasteiger partial charge in [0.25, 0.3) is 5.91 Å². The van der Waals surface area contributed by atoms with Crippen LogP contribution in [0.3, 0.4) is 0 Å². The maximum atomic E-state index is 13.0. The van der Waals surface area contributed by atoms with Gasteiger partial charge in [-0.2, -0.15) is 27.1 Å². The van der Waals surface area contributed by atoms with Crippen molar-refractivity contribution < 1.29 is 36.6 Å². The highest BCUT2D eigenvalue weighted by atomic mass is 19.4. The summed E-state index contributed by atoms with van der Waals surface area (Å²) in [6.45, 7) is -3.07. The Morgan fingerprint density at radius 3 is 2.59 bits per heavy atom. The Morgan fingerprint density at radius 2 is 1.94 bits per heavy atom. The summed E-state index contributed by atoms with van der Waals surface area (Å²) in [5, 5.41) is 16.6. The largest absolute Gasteiger partial charge is 0.433 e. The second kappa shape index (κ2) is 9.53. The Morgan fingerprint density at radius 1 is 1.21 bits per heavy atom.